The summed E-state index contributed by atoms with van der Waals surface area (Å²) in [5.41, 5.74) is 1.28. The zero-order chi connectivity index (χ0) is 17.8. The molecule has 1 aromatic heterocycles. The summed E-state index contributed by atoms with van der Waals surface area (Å²) in [6.07, 6.45) is 1.39. The fourth-order valence-corrected chi connectivity index (χ4v) is 2.39. The van der Waals surface area contributed by atoms with E-state index < -0.39 is 4.92 Å². The molecule has 126 valence electrons. The van der Waals surface area contributed by atoms with Crippen LogP contribution >= 0.6 is 11.6 Å². The van der Waals surface area contributed by atoms with Crippen molar-refractivity contribution in [3.8, 4) is 11.5 Å². The molecule has 3 aromatic rings. The van der Waals surface area contributed by atoms with E-state index in [9.17, 15) is 14.9 Å². The van der Waals surface area contributed by atoms with Crippen molar-refractivity contribution in [1.29, 1.82) is 0 Å². The molecule has 2 aromatic carbocycles. The van der Waals surface area contributed by atoms with Gasteiger partial charge in [-0.3, -0.25) is 14.9 Å². The van der Waals surface area contributed by atoms with E-state index >= 15 is 0 Å². The Hall–Kier alpha value is -3.19. The van der Waals surface area contributed by atoms with Crippen molar-refractivity contribution in [3.05, 3.63) is 75.6 Å². The number of hydrogen-bond donors (Lipinski definition) is 1. The maximum Gasteiger partial charge on any atom is 0.289 e. The molecule has 1 amide bonds. The molecule has 0 unspecified atom stereocenters. The van der Waals surface area contributed by atoms with Gasteiger partial charge in [-0.15, -0.1) is 0 Å². The standard InChI is InChI=1S/C17H12ClN3O4/c18-14-7-6-12(8-15(14)21(23)24)19-16(22)9-13-10-25-17(20-13)11-4-2-1-3-5-11/h1-8,10H,9H2,(H,19,22). The van der Waals surface area contributed by atoms with Gasteiger partial charge in [0.2, 0.25) is 11.8 Å². The number of nitrogens with one attached hydrogen (secondary N) is 1. The van der Waals surface area contributed by atoms with Gasteiger partial charge >= 0.3 is 0 Å². The van der Waals surface area contributed by atoms with Gasteiger partial charge in [0.05, 0.1) is 17.0 Å². The van der Waals surface area contributed by atoms with Crippen molar-refractivity contribution < 1.29 is 14.1 Å². The zero-order valence-corrected chi connectivity index (χ0v) is 13.6. The van der Waals surface area contributed by atoms with Crippen LogP contribution in [0.15, 0.2) is 59.2 Å². The monoisotopic (exact) mass is 357 g/mol. The fourth-order valence-electron chi connectivity index (χ4n) is 2.20. The van der Waals surface area contributed by atoms with Crippen LogP contribution in [0.4, 0.5) is 11.4 Å². The molecule has 0 atom stereocenters. The predicted molar refractivity (Wildman–Crippen MR) is 92.4 cm³/mol. The van der Waals surface area contributed by atoms with Crippen LogP contribution in [-0.2, 0) is 11.2 Å². The summed E-state index contributed by atoms with van der Waals surface area (Å²) in [6, 6.07) is 13.4. The molecule has 0 aliphatic heterocycles. The van der Waals surface area contributed by atoms with Crippen molar-refractivity contribution >= 4 is 28.9 Å². The van der Waals surface area contributed by atoms with Gasteiger partial charge in [-0.25, -0.2) is 4.98 Å². The third kappa shape index (κ3) is 4.02. The molecule has 0 spiro atoms. The Morgan fingerprint density at radius 1 is 1.24 bits per heavy atom. The number of nitrogens with zero attached hydrogens (tertiary/aromatic N) is 2. The number of carbonyl (C=O) groups excluding carboxylic acids is 1. The third-order valence-corrected chi connectivity index (χ3v) is 3.66. The highest BCUT2D eigenvalue weighted by molar-refractivity contribution is 6.32. The molecule has 0 saturated heterocycles. The number of aromatic nitrogens is 1. The average Bonchev–Trinajstić information content (AvgIpc) is 3.05. The summed E-state index contributed by atoms with van der Waals surface area (Å²) in [5, 5.41) is 13.5. The summed E-state index contributed by atoms with van der Waals surface area (Å²) in [4.78, 5) is 26.6. The van der Waals surface area contributed by atoms with Gasteiger partial charge in [0.1, 0.15) is 11.3 Å². The highest BCUT2D eigenvalue weighted by Crippen LogP contribution is 2.27. The summed E-state index contributed by atoms with van der Waals surface area (Å²) >= 11 is 5.74. The molecular weight excluding hydrogens is 346 g/mol. The van der Waals surface area contributed by atoms with E-state index in [1.807, 2.05) is 30.3 Å². The van der Waals surface area contributed by atoms with Gasteiger partial charge in [0.15, 0.2) is 0 Å². The number of rotatable bonds is 5. The highest BCUT2D eigenvalue weighted by atomic mass is 35.5. The molecule has 8 heteroatoms. The van der Waals surface area contributed by atoms with E-state index in [0.29, 0.717) is 11.6 Å². The van der Waals surface area contributed by atoms with E-state index in [0.717, 1.165) is 5.56 Å². The maximum absolute atomic E-state index is 12.1. The topological polar surface area (TPSA) is 98.3 Å². The molecule has 0 bridgehead atoms. The highest BCUT2D eigenvalue weighted by Gasteiger charge is 2.15. The minimum absolute atomic E-state index is 0.00648. The first-order valence-electron chi connectivity index (χ1n) is 7.26. The number of nitro groups is 1. The zero-order valence-electron chi connectivity index (χ0n) is 12.8. The second-order valence-corrected chi connectivity index (χ2v) is 5.57. The van der Waals surface area contributed by atoms with Gasteiger partial charge in [-0.1, -0.05) is 29.8 Å². The molecule has 0 saturated carbocycles. The lowest BCUT2D eigenvalue weighted by molar-refractivity contribution is -0.384. The number of halogens is 1. The molecule has 0 aliphatic carbocycles. The van der Waals surface area contributed by atoms with E-state index in [2.05, 4.69) is 10.3 Å². The quantitative estimate of drug-likeness (QED) is 0.548. The summed E-state index contributed by atoms with van der Waals surface area (Å²) < 4.78 is 5.37. The molecule has 0 radical (unpaired) electrons. The molecule has 0 aliphatic rings. The number of benzene rings is 2. The van der Waals surface area contributed by atoms with Gasteiger partial charge in [0.25, 0.3) is 5.69 Å². The second kappa shape index (κ2) is 7.14. The van der Waals surface area contributed by atoms with Crippen LogP contribution in [0.2, 0.25) is 5.02 Å². The Kier molecular flexibility index (Phi) is 4.76. The van der Waals surface area contributed by atoms with Gasteiger partial charge < -0.3 is 9.73 Å². The Bertz CT molecular complexity index is 925. The van der Waals surface area contributed by atoms with E-state index in [1.165, 1.54) is 24.5 Å². The first kappa shape index (κ1) is 16.7. The molecule has 1 N–H and O–H groups in total. The molecule has 25 heavy (non-hydrogen) atoms. The van der Waals surface area contributed by atoms with Gasteiger partial charge in [-0.05, 0) is 24.3 Å². The van der Waals surface area contributed by atoms with Gasteiger partial charge in [0, 0.05) is 17.3 Å². The number of oxazole rings is 1. The van der Waals surface area contributed by atoms with E-state index in [4.69, 9.17) is 16.0 Å². The Labute approximate surface area is 147 Å². The molecular formula is C17H12ClN3O4. The second-order valence-electron chi connectivity index (χ2n) is 5.16. The number of anilines is 1. The maximum atomic E-state index is 12.1. The molecule has 0 fully saturated rings. The first-order chi connectivity index (χ1) is 12.0. The molecule has 1 heterocycles. The third-order valence-electron chi connectivity index (χ3n) is 3.34. The SMILES string of the molecule is O=C(Cc1coc(-c2ccccc2)n1)Nc1ccc(Cl)c([N+](=O)[O-])c1. The Morgan fingerprint density at radius 2 is 2.00 bits per heavy atom. The largest absolute Gasteiger partial charge is 0.444 e. The average molecular weight is 358 g/mol. The molecule has 7 nitrogen and oxygen atoms in total. The van der Waals surface area contributed by atoms with E-state index in [1.54, 1.807) is 0 Å². The lowest BCUT2D eigenvalue weighted by Gasteiger charge is -2.04. The van der Waals surface area contributed by atoms with Crippen LogP contribution < -0.4 is 5.32 Å². The van der Waals surface area contributed by atoms with Crippen molar-refractivity contribution in [2.45, 2.75) is 6.42 Å². The Morgan fingerprint density at radius 3 is 2.72 bits per heavy atom. The lowest BCUT2D eigenvalue weighted by Crippen LogP contribution is -2.14. The van der Waals surface area contributed by atoms with Crippen LogP contribution in [0, 0.1) is 10.1 Å². The van der Waals surface area contributed by atoms with Crippen molar-refractivity contribution in [2.24, 2.45) is 0 Å². The van der Waals surface area contributed by atoms with Gasteiger partial charge in [-0.2, -0.15) is 0 Å². The van der Waals surface area contributed by atoms with Crippen LogP contribution in [0.5, 0.6) is 0 Å². The predicted octanol–water partition coefficient (Wildman–Crippen LogP) is 4.08. The van der Waals surface area contributed by atoms with E-state index in [-0.39, 0.29) is 28.7 Å². The molecule has 3 rings (SSSR count). The van der Waals surface area contributed by atoms with Crippen LogP contribution in [0.3, 0.4) is 0 Å². The summed E-state index contributed by atoms with van der Waals surface area (Å²) in [5.74, 6) is 0.0510. The normalized spacial score (nSPS) is 10.4. The van der Waals surface area contributed by atoms with Crippen molar-refractivity contribution in [3.63, 3.8) is 0 Å². The van der Waals surface area contributed by atoms with Crippen LogP contribution in [0.1, 0.15) is 5.69 Å². The van der Waals surface area contributed by atoms with Crippen molar-refractivity contribution in [2.75, 3.05) is 5.32 Å². The summed E-state index contributed by atoms with van der Waals surface area (Å²) in [7, 11) is 0. The Balaban J connectivity index is 1.68. The van der Waals surface area contributed by atoms with Crippen molar-refractivity contribution in [1.82, 2.24) is 4.98 Å². The fraction of sp³-hybridized carbons (Fsp3) is 0.0588. The lowest BCUT2D eigenvalue weighted by atomic mass is 10.2. The number of nitro benzene ring substituents is 1. The summed E-state index contributed by atoms with van der Waals surface area (Å²) in [6.45, 7) is 0. The van der Waals surface area contributed by atoms with Crippen LogP contribution in [-0.4, -0.2) is 15.8 Å². The smallest absolute Gasteiger partial charge is 0.289 e. The number of amides is 1. The minimum atomic E-state index is -0.609. The van der Waals surface area contributed by atoms with Crippen LogP contribution in [0.25, 0.3) is 11.5 Å². The minimum Gasteiger partial charge on any atom is -0.444 e. The first-order valence-corrected chi connectivity index (χ1v) is 7.64. The number of carbonyl (C=O) groups is 1. The number of hydrogen-bond acceptors (Lipinski definition) is 5.